The minimum absolute atomic E-state index is 0.198. The van der Waals surface area contributed by atoms with Crippen LogP contribution in [0.3, 0.4) is 0 Å². The van der Waals surface area contributed by atoms with Crippen molar-refractivity contribution in [3.63, 3.8) is 0 Å². The summed E-state index contributed by atoms with van der Waals surface area (Å²) >= 11 is 0. The van der Waals surface area contributed by atoms with Gasteiger partial charge in [-0.1, -0.05) is 37.5 Å². The van der Waals surface area contributed by atoms with Gasteiger partial charge in [-0.25, -0.2) is 0 Å². The summed E-state index contributed by atoms with van der Waals surface area (Å²) in [6, 6.07) is 6.41. The molecule has 0 unspecified atom stereocenters. The van der Waals surface area contributed by atoms with Crippen LogP contribution in [0.1, 0.15) is 43.7 Å². The molecular weight excluding hydrogens is 248 g/mol. The quantitative estimate of drug-likeness (QED) is 0.867. The van der Waals surface area contributed by atoms with Crippen molar-refractivity contribution in [1.29, 1.82) is 0 Å². The fourth-order valence-electron chi connectivity index (χ4n) is 3.53. The summed E-state index contributed by atoms with van der Waals surface area (Å²) in [5.41, 5.74) is 8.88. The Balaban J connectivity index is 2.23. The van der Waals surface area contributed by atoms with Crippen LogP contribution in [0.15, 0.2) is 18.2 Å². The fraction of sp³-hybridized carbons (Fsp3) is 0.647. The van der Waals surface area contributed by atoms with Crippen LogP contribution in [-0.4, -0.2) is 30.6 Å². The minimum atomic E-state index is 0.198. The molecule has 0 amide bonds. The molecule has 1 saturated carbocycles. The van der Waals surface area contributed by atoms with Crippen LogP contribution in [-0.2, 0) is 6.54 Å². The maximum Gasteiger partial charge on any atom is 0.123 e. The Morgan fingerprint density at radius 3 is 2.55 bits per heavy atom. The molecule has 0 aliphatic heterocycles. The summed E-state index contributed by atoms with van der Waals surface area (Å²) in [6.45, 7) is 7.09. The van der Waals surface area contributed by atoms with Gasteiger partial charge in [-0.3, -0.25) is 4.90 Å². The first-order valence-corrected chi connectivity index (χ1v) is 7.74. The highest BCUT2D eigenvalue weighted by molar-refractivity contribution is 5.37. The number of aryl methyl sites for hydroxylation is 1. The Morgan fingerprint density at radius 1 is 1.30 bits per heavy atom. The zero-order chi connectivity index (χ0) is 14.6. The summed E-state index contributed by atoms with van der Waals surface area (Å²) in [6.07, 6.45) is 5.06. The number of likely N-dealkylation sites (N-methyl/N-ethyl adjacent to an activating group) is 1. The molecule has 112 valence electrons. The van der Waals surface area contributed by atoms with Crippen molar-refractivity contribution in [1.82, 2.24) is 4.90 Å². The van der Waals surface area contributed by atoms with Crippen LogP contribution < -0.4 is 10.5 Å². The Hall–Kier alpha value is -1.06. The number of benzene rings is 1. The largest absolute Gasteiger partial charge is 0.496 e. The van der Waals surface area contributed by atoms with Gasteiger partial charge in [-0.2, -0.15) is 0 Å². The van der Waals surface area contributed by atoms with Crippen molar-refractivity contribution in [3.8, 4) is 5.75 Å². The molecule has 0 saturated heterocycles. The summed E-state index contributed by atoms with van der Waals surface area (Å²) in [5.74, 6) is 0.985. The van der Waals surface area contributed by atoms with Gasteiger partial charge in [0.2, 0.25) is 0 Å². The van der Waals surface area contributed by atoms with Crippen molar-refractivity contribution in [2.24, 2.45) is 5.73 Å². The van der Waals surface area contributed by atoms with Gasteiger partial charge in [0, 0.05) is 24.2 Å². The van der Waals surface area contributed by atoms with Crippen LogP contribution in [0.2, 0.25) is 0 Å². The van der Waals surface area contributed by atoms with Crippen molar-refractivity contribution in [2.75, 3.05) is 20.2 Å². The zero-order valence-corrected chi connectivity index (χ0v) is 13.1. The molecule has 3 heteroatoms. The fourth-order valence-corrected chi connectivity index (χ4v) is 3.53. The van der Waals surface area contributed by atoms with Crippen LogP contribution in [0.5, 0.6) is 5.75 Å². The molecular formula is C17H28N2O. The highest BCUT2D eigenvalue weighted by Gasteiger charge is 2.37. The Kier molecular flexibility index (Phi) is 5.06. The van der Waals surface area contributed by atoms with Crippen molar-refractivity contribution in [3.05, 3.63) is 29.3 Å². The molecule has 0 aromatic heterocycles. The number of ether oxygens (including phenoxy) is 1. The van der Waals surface area contributed by atoms with Gasteiger partial charge < -0.3 is 10.5 Å². The second-order valence-corrected chi connectivity index (χ2v) is 5.97. The third-order valence-electron chi connectivity index (χ3n) is 4.76. The van der Waals surface area contributed by atoms with E-state index in [9.17, 15) is 0 Å². The molecule has 1 aromatic carbocycles. The van der Waals surface area contributed by atoms with Gasteiger partial charge in [-0.15, -0.1) is 0 Å². The maximum absolute atomic E-state index is 6.13. The lowest BCUT2D eigenvalue weighted by Crippen LogP contribution is -2.51. The Morgan fingerprint density at radius 2 is 2.00 bits per heavy atom. The molecule has 1 aliphatic carbocycles. The summed E-state index contributed by atoms with van der Waals surface area (Å²) in [5, 5.41) is 0. The van der Waals surface area contributed by atoms with E-state index in [1.54, 1.807) is 7.11 Å². The number of hydrogen-bond acceptors (Lipinski definition) is 3. The van der Waals surface area contributed by atoms with Gasteiger partial charge in [0.25, 0.3) is 0 Å². The highest BCUT2D eigenvalue weighted by atomic mass is 16.5. The van der Waals surface area contributed by atoms with Gasteiger partial charge in [0.15, 0.2) is 0 Å². The molecule has 0 atom stereocenters. The average Bonchev–Trinajstić information content (AvgIpc) is 2.95. The molecule has 0 radical (unpaired) electrons. The molecule has 0 bridgehead atoms. The molecule has 1 fully saturated rings. The summed E-state index contributed by atoms with van der Waals surface area (Å²) in [4.78, 5) is 2.55. The van der Waals surface area contributed by atoms with E-state index in [1.165, 1.54) is 36.8 Å². The molecule has 0 spiro atoms. The second kappa shape index (κ2) is 6.59. The third kappa shape index (κ3) is 2.99. The monoisotopic (exact) mass is 276 g/mol. The zero-order valence-electron chi connectivity index (χ0n) is 13.1. The highest BCUT2D eigenvalue weighted by Crippen LogP contribution is 2.36. The molecule has 20 heavy (non-hydrogen) atoms. The molecule has 0 heterocycles. The lowest BCUT2D eigenvalue weighted by Gasteiger charge is -2.40. The van der Waals surface area contributed by atoms with Gasteiger partial charge in [0.1, 0.15) is 5.75 Å². The number of rotatable bonds is 6. The number of nitrogens with zero attached hydrogens (tertiary/aromatic N) is 1. The van der Waals surface area contributed by atoms with Gasteiger partial charge in [-0.05, 0) is 32.4 Å². The first-order valence-electron chi connectivity index (χ1n) is 7.74. The molecule has 3 nitrogen and oxygen atoms in total. The standard InChI is InChI=1S/C17H28N2O/c1-4-19(17(13-18)9-5-6-10-17)12-15-11-14(2)7-8-16(15)20-3/h7-8,11H,4-6,9-10,12-13,18H2,1-3H3. The van der Waals surface area contributed by atoms with E-state index in [4.69, 9.17) is 10.5 Å². The maximum atomic E-state index is 6.13. The number of methoxy groups -OCH3 is 1. The molecule has 2 N–H and O–H groups in total. The van der Waals surface area contributed by atoms with E-state index in [0.717, 1.165) is 25.4 Å². The predicted octanol–water partition coefficient (Wildman–Crippen LogP) is 3.10. The van der Waals surface area contributed by atoms with Gasteiger partial charge >= 0.3 is 0 Å². The van der Waals surface area contributed by atoms with Crippen molar-refractivity contribution < 1.29 is 4.74 Å². The van der Waals surface area contributed by atoms with E-state index >= 15 is 0 Å². The average molecular weight is 276 g/mol. The second-order valence-electron chi connectivity index (χ2n) is 5.97. The number of hydrogen-bond donors (Lipinski definition) is 1. The van der Waals surface area contributed by atoms with E-state index in [0.29, 0.717) is 0 Å². The van der Waals surface area contributed by atoms with E-state index in [1.807, 2.05) is 0 Å². The lowest BCUT2D eigenvalue weighted by atomic mass is 9.94. The first-order chi connectivity index (χ1) is 9.65. The van der Waals surface area contributed by atoms with Crippen LogP contribution >= 0.6 is 0 Å². The van der Waals surface area contributed by atoms with Crippen LogP contribution in [0.4, 0.5) is 0 Å². The third-order valence-corrected chi connectivity index (χ3v) is 4.76. The molecule has 1 aliphatic rings. The number of nitrogens with two attached hydrogens (primary N) is 1. The van der Waals surface area contributed by atoms with Crippen molar-refractivity contribution >= 4 is 0 Å². The summed E-state index contributed by atoms with van der Waals surface area (Å²) in [7, 11) is 1.75. The lowest BCUT2D eigenvalue weighted by molar-refractivity contribution is 0.0961. The minimum Gasteiger partial charge on any atom is -0.496 e. The van der Waals surface area contributed by atoms with E-state index in [-0.39, 0.29) is 5.54 Å². The summed E-state index contributed by atoms with van der Waals surface area (Å²) < 4.78 is 5.52. The van der Waals surface area contributed by atoms with Gasteiger partial charge in [0.05, 0.1) is 7.11 Å². The first kappa shape index (κ1) is 15.3. The van der Waals surface area contributed by atoms with E-state index in [2.05, 4.69) is 36.9 Å². The predicted molar refractivity (Wildman–Crippen MR) is 84.1 cm³/mol. The smallest absolute Gasteiger partial charge is 0.123 e. The SMILES string of the molecule is CCN(Cc1cc(C)ccc1OC)C1(CN)CCCC1. The van der Waals surface area contributed by atoms with Crippen LogP contribution in [0, 0.1) is 6.92 Å². The molecule has 2 rings (SSSR count). The Bertz CT molecular complexity index is 439. The normalized spacial score (nSPS) is 17.6. The molecule has 1 aromatic rings. The van der Waals surface area contributed by atoms with Crippen LogP contribution in [0.25, 0.3) is 0 Å². The van der Waals surface area contributed by atoms with Crippen molar-refractivity contribution in [2.45, 2.75) is 51.6 Å². The Labute approximate surface area is 123 Å². The van der Waals surface area contributed by atoms with E-state index < -0.39 is 0 Å². The topological polar surface area (TPSA) is 38.5 Å².